The summed E-state index contributed by atoms with van der Waals surface area (Å²) >= 11 is 0. The van der Waals surface area contributed by atoms with Gasteiger partial charge in [0.2, 0.25) is 0 Å². The lowest BCUT2D eigenvalue weighted by molar-refractivity contribution is 0.294. The third kappa shape index (κ3) is 2.20. The summed E-state index contributed by atoms with van der Waals surface area (Å²) < 4.78 is 8.04. The molecule has 0 aliphatic carbocycles. The zero-order valence-corrected chi connectivity index (χ0v) is 12.0. The minimum atomic E-state index is 0.193. The average Bonchev–Trinajstić information content (AvgIpc) is 3.11. The van der Waals surface area contributed by atoms with Crippen LogP contribution in [0.2, 0.25) is 0 Å². The highest BCUT2D eigenvalue weighted by Gasteiger charge is 2.33. The molecule has 4 nitrogen and oxygen atoms in total. The average molecular weight is 271 g/mol. The van der Waals surface area contributed by atoms with E-state index in [9.17, 15) is 0 Å². The molecule has 106 valence electrons. The number of fused-ring (bicyclic) bond motifs is 1. The van der Waals surface area contributed by atoms with Gasteiger partial charge < -0.3 is 14.6 Å². The van der Waals surface area contributed by atoms with Crippen molar-refractivity contribution >= 4 is 0 Å². The summed E-state index contributed by atoms with van der Waals surface area (Å²) in [5.41, 5.74) is 1.28. The summed E-state index contributed by atoms with van der Waals surface area (Å²) in [7, 11) is 0. The molecule has 1 aromatic carbocycles. The van der Waals surface area contributed by atoms with Gasteiger partial charge in [-0.15, -0.1) is 0 Å². The van der Waals surface area contributed by atoms with E-state index >= 15 is 0 Å². The zero-order chi connectivity index (χ0) is 13.9. The third-order valence-corrected chi connectivity index (χ3v) is 3.93. The fourth-order valence-electron chi connectivity index (χ4n) is 2.96. The van der Waals surface area contributed by atoms with E-state index in [1.807, 2.05) is 24.5 Å². The Hall–Kier alpha value is -1.81. The van der Waals surface area contributed by atoms with Gasteiger partial charge in [0.05, 0.1) is 12.6 Å². The van der Waals surface area contributed by atoms with E-state index in [0.29, 0.717) is 12.5 Å². The van der Waals surface area contributed by atoms with Crippen LogP contribution in [0.1, 0.15) is 37.2 Å². The lowest BCUT2D eigenvalue weighted by atomic mass is 9.92. The van der Waals surface area contributed by atoms with E-state index in [-0.39, 0.29) is 6.04 Å². The summed E-state index contributed by atoms with van der Waals surface area (Å²) in [5.74, 6) is 2.42. The molecule has 0 bridgehead atoms. The van der Waals surface area contributed by atoms with E-state index < -0.39 is 0 Å². The molecule has 1 aliphatic rings. The Morgan fingerprint density at radius 3 is 3.05 bits per heavy atom. The van der Waals surface area contributed by atoms with Crippen LogP contribution in [-0.4, -0.2) is 22.7 Å². The molecule has 20 heavy (non-hydrogen) atoms. The van der Waals surface area contributed by atoms with Crippen LogP contribution in [0.25, 0.3) is 0 Å². The minimum absolute atomic E-state index is 0.193. The number of nitrogens with zero attached hydrogens (tertiary/aromatic N) is 2. The van der Waals surface area contributed by atoms with Crippen LogP contribution in [-0.2, 0) is 6.54 Å². The molecule has 3 rings (SSSR count). The second-order valence-electron chi connectivity index (χ2n) is 5.06. The highest BCUT2D eigenvalue weighted by atomic mass is 16.5. The van der Waals surface area contributed by atoms with Crippen LogP contribution in [0.5, 0.6) is 5.75 Å². The van der Waals surface area contributed by atoms with Crippen LogP contribution in [0.3, 0.4) is 0 Å². The number of nitrogens with one attached hydrogen (secondary N) is 1. The first-order valence-electron chi connectivity index (χ1n) is 7.31. The summed E-state index contributed by atoms with van der Waals surface area (Å²) in [6.07, 6.45) is 3.92. The first kappa shape index (κ1) is 13.2. The predicted octanol–water partition coefficient (Wildman–Crippen LogP) is 2.73. The van der Waals surface area contributed by atoms with Gasteiger partial charge in [0, 0.05) is 30.4 Å². The largest absolute Gasteiger partial charge is 0.493 e. The van der Waals surface area contributed by atoms with E-state index in [1.165, 1.54) is 5.56 Å². The smallest absolute Gasteiger partial charge is 0.126 e. The molecule has 0 radical (unpaired) electrons. The van der Waals surface area contributed by atoms with Crippen molar-refractivity contribution in [2.24, 2.45) is 0 Å². The van der Waals surface area contributed by atoms with Crippen molar-refractivity contribution in [3.05, 3.63) is 48.0 Å². The van der Waals surface area contributed by atoms with E-state index in [2.05, 4.69) is 40.8 Å². The van der Waals surface area contributed by atoms with Crippen LogP contribution >= 0.6 is 0 Å². The summed E-state index contributed by atoms with van der Waals surface area (Å²) in [6.45, 7) is 6.85. The van der Waals surface area contributed by atoms with Gasteiger partial charge in [-0.3, -0.25) is 0 Å². The first-order chi connectivity index (χ1) is 9.85. The number of likely N-dealkylation sites (N-methyl/N-ethyl adjacent to an activating group) is 1. The predicted molar refractivity (Wildman–Crippen MR) is 79.0 cm³/mol. The molecule has 0 fully saturated rings. The second kappa shape index (κ2) is 5.67. The van der Waals surface area contributed by atoms with Crippen molar-refractivity contribution in [2.45, 2.75) is 32.4 Å². The molecule has 0 saturated heterocycles. The van der Waals surface area contributed by atoms with E-state index in [4.69, 9.17) is 4.74 Å². The molecule has 2 atom stereocenters. The van der Waals surface area contributed by atoms with Crippen molar-refractivity contribution in [1.29, 1.82) is 0 Å². The molecule has 1 N–H and O–H groups in total. The Balaban J connectivity index is 1.96. The third-order valence-electron chi connectivity index (χ3n) is 3.93. The van der Waals surface area contributed by atoms with Gasteiger partial charge in [0.25, 0.3) is 0 Å². The molecule has 0 spiro atoms. The van der Waals surface area contributed by atoms with Gasteiger partial charge in [-0.25, -0.2) is 4.98 Å². The van der Waals surface area contributed by atoms with Crippen molar-refractivity contribution < 1.29 is 4.74 Å². The Kier molecular flexibility index (Phi) is 3.74. The Morgan fingerprint density at radius 2 is 2.25 bits per heavy atom. The van der Waals surface area contributed by atoms with Crippen molar-refractivity contribution in [3.8, 4) is 5.75 Å². The number of hydrogen-bond donors (Lipinski definition) is 1. The van der Waals surface area contributed by atoms with Crippen molar-refractivity contribution in [3.63, 3.8) is 0 Å². The van der Waals surface area contributed by atoms with Gasteiger partial charge in [-0.2, -0.15) is 0 Å². The molecule has 1 aliphatic heterocycles. The van der Waals surface area contributed by atoms with Gasteiger partial charge in [0.1, 0.15) is 11.6 Å². The normalized spacial score (nSPS) is 18.6. The van der Waals surface area contributed by atoms with Crippen LogP contribution in [0.4, 0.5) is 0 Å². The van der Waals surface area contributed by atoms with Crippen LogP contribution < -0.4 is 10.1 Å². The second-order valence-corrected chi connectivity index (χ2v) is 5.06. The van der Waals surface area contributed by atoms with Gasteiger partial charge in [-0.1, -0.05) is 25.1 Å². The molecule has 4 heteroatoms. The minimum Gasteiger partial charge on any atom is -0.493 e. The summed E-state index contributed by atoms with van der Waals surface area (Å²) in [4.78, 5) is 4.57. The number of para-hydroxylation sites is 1. The standard InChI is InChI=1S/C16H21N3O/c1-3-17-15(16-18-9-10-19(16)4-2)13-11-20-14-8-6-5-7-12(13)14/h5-10,13,15,17H,3-4,11H2,1-2H3. The molecule has 0 saturated carbocycles. The highest BCUT2D eigenvalue weighted by Crippen LogP contribution is 2.40. The van der Waals surface area contributed by atoms with Crippen molar-refractivity contribution in [1.82, 2.24) is 14.9 Å². The maximum Gasteiger partial charge on any atom is 0.126 e. The molecular formula is C16H21N3O. The molecule has 2 heterocycles. The fraction of sp³-hybridized carbons (Fsp3) is 0.438. The number of hydrogen-bond acceptors (Lipinski definition) is 3. The molecule has 2 unspecified atom stereocenters. The Morgan fingerprint density at radius 1 is 1.40 bits per heavy atom. The lowest BCUT2D eigenvalue weighted by Gasteiger charge is -2.24. The first-order valence-corrected chi connectivity index (χ1v) is 7.31. The number of benzene rings is 1. The van der Waals surface area contributed by atoms with Gasteiger partial charge in [-0.05, 0) is 19.5 Å². The maximum atomic E-state index is 5.83. The highest BCUT2D eigenvalue weighted by molar-refractivity contribution is 5.41. The number of aromatic nitrogens is 2. The van der Waals surface area contributed by atoms with Gasteiger partial charge >= 0.3 is 0 Å². The zero-order valence-electron chi connectivity index (χ0n) is 12.0. The number of rotatable bonds is 5. The monoisotopic (exact) mass is 271 g/mol. The number of aryl methyl sites for hydroxylation is 1. The lowest BCUT2D eigenvalue weighted by Crippen LogP contribution is -2.30. The molecule has 0 amide bonds. The van der Waals surface area contributed by atoms with Crippen LogP contribution in [0.15, 0.2) is 36.7 Å². The number of imidazole rings is 1. The van der Waals surface area contributed by atoms with E-state index in [0.717, 1.165) is 24.7 Å². The van der Waals surface area contributed by atoms with Crippen molar-refractivity contribution in [2.75, 3.05) is 13.2 Å². The molecule has 2 aromatic rings. The van der Waals surface area contributed by atoms with Gasteiger partial charge in [0.15, 0.2) is 0 Å². The fourth-order valence-corrected chi connectivity index (χ4v) is 2.96. The summed E-state index contributed by atoms with van der Waals surface area (Å²) in [6, 6.07) is 8.51. The van der Waals surface area contributed by atoms with E-state index in [1.54, 1.807) is 0 Å². The molecule has 1 aromatic heterocycles. The Labute approximate surface area is 119 Å². The topological polar surface area (TPSA) is 39.1 Å². The maximum absolute atomic E-state index is 5.83. The SMILES string of the molecule is CCNC(c1nccn1CC)C1COc2ccccc21. The summed E-state index contributed by atoms with van der Waals surface area (Å²) in [5, 5.41) is 3.58. The Bertz CT molecular complexity index is 579. The quantitative estimate of drug-likeness (QED) is 0.909. The van der Waals surface area contributed by atoms with Crippen LogP contribution in [0, 0.1) is 0 Å². The molecular weight excluding hydrogens is 250 g/mol. The number of ether oxygens (including phenoxy) is 1.